The molecule has 0 spiro atoms. The van der Waals surface area contributed by atoms with Crippen molar-refractivity contribution in [3.63, 3.8) is 0 Å². The topological polar surface area (TPSA) is 80.7 Å². The van der Waals surface area contributed by atoms with Gasteiger partial charge in [0.2, 0.25) is 0 Å². The average Bonchev–Trinajstić information content (AvgIpc) is 2.64. The molecular weight excluding hydrogens is 387 g/mol. The maximum absolute atomic E-state index is 14.0. The SMILES string of the molecule is CC(C)(C)OC(=O)[C@@]1(COc2cncc(-c3cc(F)cc(CCCO)c3)c2)CCN1. The van der Waals surface area contributed by atoms with E-state index in [-0.39, 0.29) is 25.0 Å². The molecule has 1 aliphatic heterocycles. The van der Waals surface area contributed by atoms with Crippen molar-refractivity contribution in [3.8, 4) is 16.9 Å². The molecule has 1 fully saturated rings. The molecule has 7 heteroatoms. The van der Waals surface area contributed by atoms with Gasteiger partial charge in [0, 0.05) is 18.4 Å². The van der Waals surface area contributed by atoms with Crippen molar-refractivity contribution in [3.05, 3.63) is 48.0 Å². The number of nitrogens with zero attached hydrogens (tertiary/aromatic N) is 1. The zero-order chi connectivity index (χ0) is 21.8. The molecule has 1 atom stereocenters. The summed E-state index contributed by atoms with van der Waals surface area (Å²) in [5.74, 6) is -0.177. The van der Waals surface area contributed by atoms with Gasteiger partial charge in [-0.3, -0.25) is 10.3 Å². The fraction of sp³-hybridized carbons (Fsp3) is 0.478. The summed E-state index contributed by atoms with van der Waals surface area (Å²) >= 11 is 0. The summed E-state index contributed by atoms with van der Waals surface area (Å²) in [6, 6.07) is 6.58. The number of carbonyl (C=O) groups excluding carboxylic acids is 1. The van der Waals surface area contributed by atoms with Crippen LogP contribution in [-0.4, -0.2) is 47.0 Å². The fourth-order valence-corrected chi connectivity index (χ4v) is 3.27. The van der Waals surface area contributed by atoms with Crippen LogP contribution in [-0.2, 0) is 16.0 Å². The van der Waals surface area contributed by atoms with Gasteiger partial charge in [0.05, 0.1) is 6.20 Å². The summed E-state index contributed by atoms with van der Waals surface area (Å²) in [7, 11) is 0. The molecule has 0 saturated carbocycles. The number of pyridine rings is 1. The first-order chi connectivity index (χ1) is 14.2. The molecule has 1 aliphatic rings. The van der Waals surface area contributed by atoms with E-state index in [9.17, 15) is 9.18 Å². The van der Waals surface area contributed by atoms with E-state index < -0.39 is 11.1 Å². The summed E-state index contributed by atoms with van der Waals surface area (Å²) in [4.78, 5) is 16.8. The summed E-state index contributed by atoms with van der Waals surface area (Å²) in [6.45, 7) is 6.40. The van der Waals surface area contributed by atoms with E-state index >= 15 is 0 Å². The number of nitrogens with one attached hydrogen (secondary N) is 1. The Morgan fingerprint density at radius 1 is 1.23 bits per heavy atom. The molecular formula is C23H29FN2O4. The van der Waals surface area contributed by atoms with Crippen LogP contribution in [0.2, 0.25) is 0 Å². The minimum absolute atomic E-state index is 0.0597. The second kappa shape index (κ2) is 9.10. The van der Waals surface area contributed by atoms with E-state index in [1.165, 1.54) is 12.1 Å². The normalized spacial score (nSPS) is 18.6. The number of hydrogen-bond acceptors (Lipinski definition) is 6. The Morgan fingerprint density at radius 2 is 2.00 bits per heavy atom. The lowest BCUT2D eigenvalue weighted by Crippen LogP contribution is -2.66. The molecule has 6 nitrogen and oxygen atoms in total. The van der Waals surface area contributed by atoms with Gasteiger partial charge >= 0.3 is 5.97 Å². The van der Waals surface area contributed by atoms with Gasteiger partial charge in [-0.2, -0.15) is 0 Å². The van der Waals surface area contributed by atoms with E-state index in [2.05, 4.69) is 10.3 Å². The quantitative estimate of drug-likeness (QED) is 0.643. The maximum atomic E-state index is 14.0. The van der Waals surface area contributed by atoms with Crippen LogP contribution in [0.1, 0.15) is 39.2 Å². The van der Waals surface area contributed by atoms with Crippen molar-refractivity contribution >= 4 is 5.97 Å². The highest BCUT2D eigenvalue weighted by atomic mass is 19.1. The molecule has 2 heterocycles. The van der Waals surface area contributed by atoms with Crippen LogP contribution < -0.4 is 10.1 Å². The number of ether oxygens (including phenoxy) is 2. The zero-order valence-corrected chi connectivity index (χ0v) is 17.7. The van der Waals surface area contributed by atoms with E-state index in [1.54, 1.807) is 18.5 Å². The number of aromatic nitrogens is 1. The van der Waals surface area contributed by atoms with Gasteiger partial charge < -0.3 is 14.6 Å². The van der Waals surface area contributed by atoms with Crippen molar-refractivity contribution in [2.75, 3.05) is 19.8 Å². The number of halogens is 1. The van der Waals surface area contributed by atoms with Gasteiger partial charge in [0.15, 0.2) is 5.54 Å². The van der Waals surface area contributed by atoms with Crippen LogP contribution in [0, 0.1) is 5.82 Å². The molecule has 162 valence electrons. The highest BCUT2D eigenvalue weighted by Crippen LogP contribution is 2.28. The molecule has 3 rings (SSSR count). The van der Waals surface area contributed by atoms with Crippen molar-refractivity contribution in [1.82, 2.24) is 10.3 Å². The lowest BCUT2D eigenvalue weighted by molar-refractivity contribution is -0.168. The van der Waals surface area contributed by atoms with Gasteiger partial charge in [0.1, 0.15) is 23.8 Å². The number of aliphatic hydroxyl groups is 1. The third-order valence-corrected chi connectivity index (χ3v) is 4.92. The Hall–Kier alpha value is -2.51. The standard InChI is InChI=1S/C23H29FN2O4/c1-22(2,3)30-21(28)23(6-7-26-23)15-29-20-12-18(13-25-14-20)17-9-16(5-4-8-27)10-19(24)11-17/h9-14,26-27H,4-8,15H2,1-3H3/t23-/m0/s1. The molecule has 1 aromatic heterocycles. The largest absolute Gasteiger partial charge is 0.489 e. The molecule has 2 aromatic rings. The molecule has 1 saturated heterocycles. The number of hydrogen-bond donors (Lipinski definition) is 2. The first-order valence-electron chi connectivity index (χ1n) is 10.2. The predicted octanol–water partition coefficient (Wildman–Crippen LogP) is 3.27. The molecule has 0 unspecified atom stereocenters. The third kappa shape index (κ3) is 5.55. The number of aryl methyl sites for hydroxylation is 1. The second-order valence-electron chi connectivity index (χ2n) is 8.63. The van der Waals surface area contributed by atoms with Crippen LogP contribution in [0.15, 0.2) is 36.7 Å². The van der Waals surface area contributed by atoms with Crippen molar-refractivity contribution < 1.29 is 23.8 Å². The third-order valence-electron chi connectivity index (χ3n) is 4.92. The molecule has 30 heavy (non-hydrogen) atoms. The first-order valence-corrected chi connectivity index (χ1v) is 10.2. The predicted molar refractivity (Wildman–Crippen MR) is 112 cm³/mol. The van der Waals surface area contributed by atoms with Crippen LogP contribution in [0.5, 0.6) is 5.75 Å². The number of carbonyl (C=O) groups is 1. The van der Waals surface area contributed by atoms with Gasteiger partial charge in [-0.1, -0.05) is 6.07 Å². The smallest absolute Gasteiger partial charge is 0.330 e. The summed E-state index contributed by atoms with van der Waals surface area (Å²) in [6.07, 6.45) is 5.01. The molecule has 0 radical (unpaired) electrons. The Bertz CT molecular complexity index is 891. The zero-order valence-electron chi connectivity index (χ0n) is 17.7. The van der Waals surface area contributed by atoms with Crippen LogP contribution in [0.3, 0.4) is 0 Å². The molecule has 0 amide bonds. The molecule has 0 aliphatic carbocycles. The van der Waals surface area contributed by atoms with Crippen LogP contribution in [0.25, 0.3) is 11.1 Å². The van der Waals surface area contributed by atoms with Gasteiger partial charge in [-0.25, -0.2) is 9.18 Å². The summed E-state index contributed by atoms with van der Waals surface area (Å²) in [5.41, 5.74) is 0.774. The summed E-state index contributed by atoms with van der Waals surface area (Å²) < 4.78 is 25.5. The van der Waals surface area contributed by atoms with Gasteiger partial charge in [-0.05, 0) is 75.9 Å². The summed E-state index contributed by atoms with van der Waals surface area (Å²) in [5, 5.41) is 12.2. The highest BCUT2D eigenvalue weighted by Gasteiger charge is 2.47. The number of rotatable bonds is 8. The van der Waals surface area contributed by atoms with Crippen LogP contribution >= 0.6 is 0 Å². The van der Waals surface area contributed by atoms with Gasteiger partial charge in [-0.15, -0.1) is 0 Å². The maximum Gasteiger partial charge on any atom is 0.330 e. The van der Waals surface area contributed by atoms with Crippen LogP contribution in [0.4, 0.5) is 4.39 Å². The number of esters is 1. The Balaban J connectivity index is 1.73. The minimum Gasteiger partial charge on any atom is -0.489 e. The molecule has 0 bridgehead atoms. The van der Waals surface area contributed by atoms with Crippen molar-refractivity contribution in [1.29, 1.82) is 0 Å². The minimum atomic E-state index is -0.862. The van der Waals surface area contributed by atoms with Crippen molar-refractivity contribution in [2.24, 2.45) is 0 Å². The van der Waals surface area contributed by atoms with Crippen molar-refractivity contribution in [2.45, 2.75) is 51.2 Å². The molecule has 1 aromatic carbocycles. The average molecular weight is 416 g/mol. The fourth-order valence-electron chi connectivity index (χ4n) is 3.27. The molecule has 2 N–H and O–H groups in total. The Labute approximate surface area is 176 Å². The lowest BCUT2D eigenvalue weighted by atomic mass is 9.88. The Morgan fingerprint density at radius 3 is 2.63 bits per heavy atom. The lowest BCUT2D eigenvalue weighted by Gasteiger charge is -2.41. The van der Waals surface area contributed by atoms with E-state index in [0.717, 1.165) is 12.1 Å². The number of benzene rings is 1. The van der Waals surface area contributed by atoms with E-state index in [0.29, 0.717) is 36.1 Å². The highest BCUT2D eigenvalue weighted by molar-refractivity contribution is 5.82. The monoisotopic (exact) mass is 416 g/mol. The second-order valence-corrected chi connectivity index (χ2v) is 8.63. The van der Waals surface area contributed by atoms with Gasteiger partial charge in [0.25, 0.3) is 0 Å². The number of aliphatic hydroxyl groups excluding tert-OH is 1. The van der Waals surface area contributed by atoms with E-state index in [4.69, 9.17) is 14.6 Å². The first kappa shape index (κ1) is 22.2. The Kier molecular flexibility index (Phi) is 6.73. The van der Waals surface area contributed by atoms with E-state index in [1.807, 2.05) is 26.8 Å².